The Bertz CT molecular complexity index is 8050. The highest BCUT2D eigenvalue weighted by Crippen LogP contribution is 2.40. The zero-order chi connectivity index (χ0) is 105. The Morgan fingerprint density at radius 1 is 0.378 bits per heavy atom. The van der Waals surface area contributed by atoms with Crippen LogP contribution in [0.25, 0.3) is 74.0 Å². The van der Waals surface area contributed by atoms with Crippen LogP contribution in [-0.4, -0.2) is 143 Å². The SMILES string of the molecule is C=CCN1CCc2c(nc(C)n2-c2cncc(Nc3ccc(C(F)(F)F)cc3)n2)C1.COc1ccc2nc(C)c(-c3cc(C#N)cc(Nc4ccc(C(F)(F)F)cc4)n3)n2c1.COc1ccc2nc(C)c(-c3cncc(Nc4ccc(C(F)(F)F)cc4)n3)n2c1.COc1ccc2nc(C)c(-c3cncc(Nc4ccc(OC(F)(F)F)cc4)n3)n2c1.Cc1nc2ccc(O)cn2c1-c1cncc(Nc2ccc(C(F)(F)F)cc2)n1. The summed E-state index contributed by atoms with van der Waals surface area (Å²) in [5, 5.41) is 34.2. The largest absolute Gasteiger partial charge is 0.573 e. The van der Waals surface area contributed by atoms with Crippen molar-refractivity contribution in [3.05, 3.63) is 337 Å². The van der Waals surface area contributed by atoms with Crippen LogP contribution in [0.3, 0.4) is 0 Å². The molecule has 0 bridgehead atoms. The number of nitrogens with zero attached hydrogens (tertiary/aromatic N) is 21. The van der Waals surface area contributed by atoms with Gasteiger partial charge in [-0.15, -0.1) is 19.8 Å². The number of alkyl halides is 15. The third kappa shape index (κ3) is 24.6. The number of halogens is 15. The van der Waals surface area contributed by atoms with Crippen molar-refractivity contribution < 1.29 is 89.9 Å². The molecule has 0 fully saturated rings. The van der Waals surface area contributed by atoms with Crippen molar-refractivity contribution in [2.75, 3.05) is 61.0 Å². The van der Waals surface area contributed by atoms with E-state index >= 15 is 0 Å². The Balaban J connectivity index is 0.000000132. The normalized spacial score (nSPS) is 12.1. The minimum absolute atomic E-state index is 0.0816. The first kappa shape index (κ1) is 103. The van der Waals surface area contributed by atoms with Gasteiger partial charge in [0, 0.05) is 54.5 Å². The van der Waals surface area contributed by atoms with E-state index in [0.29, 0.717) is 143 Å². The number of rotatable bonds is 21. The molecule has 1 aliphatic heterocycles. The van der Waals surface area contributed by atoms with E-state index in [1.54, 1.807) is 81.0 Å². The molecule has 14 aromatic heterocycles. The molecule has 6 N–H and O–H groups in total. The van der Waals surface area contributed by atoms with E-state index in [-0.39, 0.29) is 11.5 Å². The molecule has 148 heavy (non-hydrogen) atoms. The molecule has 31 nitrogen and oxygen atoms in total. The van der Waals surface area contributed by atoms with Crippen LogP contribution >= 0.6 is 0 Å². The number of hydrogen-bond donors (Lipinski definition) is 6. The summed E-state index contributed by atoms with van der Waals surface area (Å²) in [6.45, 7) is 15.6. The Kier molecular flexibility index (Phi) is 29.9. The van der Waals surface area contributed by atoms with Crippen LogP contribution in [0.15, 0.2) is 269 Å². The first-order valence-corrected chi connectivity index (χ1v) is 44.4. The van der Waals surface area contributed by atoms with Gasteiger partial charge in [0.05, 0.1) is 192 Å². The summed E-state index contributed by atoms with van der Waals surface area (Å²) in [7, 11) is 4.73. The van der Waals surface area contributed by atoms with Gasteiger partial charge in [0.15, 0.2) is 11.6 Å². The number of aromatic nitrogens is 19. The number of methoxy groups -OCH3 is 3. The molecule has 0 saturated carbocycles. The maximum Gasteiger partial charge on any atom is 0.573 e. The van der Waals surface area contributed by atoms with E-state index in [2.05, 4.69) is 114 Å². The van der Waals surface area contributed by atoms with E-state index in [1.165, 1.54) is 110 Å². The fourth-order valence-corrected chi connectivity index (χ4v) is 15.8. The number of benzene rings is 5. The van der Waals surface area contributed by atoms with Crippen LogP contribution in [0.1, 0.15) is 67.8 Å². The number of ether oxygens (including phenoxy) is 4. The standard InChI is InChI=1S/C22H16F3N5O.C21H21F3N6.C20H16F3N5O2.C20H16F3N5O.C19H14F3N5O/c1-13-21(30-12-17(31-2)7-8-20(30)27-13)18-9-14(11-26)10-19(29-18)28-16-5-3-15(4-6-16)22(23,24)25;1-3-9-29-10-8-18-17(13-29)26-14(2)30(18)20-12-25-11-19(28-20)27-16-6-4-15(5-7-16)21(22,23)24;1-12-19(28-11-15(29-2)7-8-18(28)25-12)16-9-24-10-17(27-16)26-13-3-5-14(6-4-13)30-20(21,22)23;1-12-19(28-11-15(29-2)7-8-18(28)25-12)16-9-24-10-17(27-16)26-14-5-3-13(4-6-14)20(21,22)23;1-11-18(27-10-14(28)6-7-17(27)24-11)15-8-23-9-16(26-15)25-13-4-2-12(3-5-13)19(20,21)22/h3-10,12H,1-2H3,(H,28,29);3-7,11-12H,1,8-10,13H2,2H3,(H,27,28);3-11H,1-2H3,(H,26,27);3-11H,1-2H3,(H,26,27);2-10,28H,1H3,(H,25,26). The topological polar surface area (TPSA) is 347 Å². The molecule has 0 unspecified atom stereocenters. The van der Waals surface area contributed by atoms with Crippen LogP contribution in [-0.2, 0) is 37.7 Å². The zero-order valence-electron chi connectivity index (χ0n) is 79.0. The number of anilines is 10. The number of imidazole rings is 5. The summed E-state index contributed by atoms with van der Waals surface area (Å²) in [6, 6.07) is 43.5. The number of fused-ring (bicyclic) bond motifs is 5. The molecule has 0 radical (unpaired) electrons. The summed E-state index contributed by atoms with van der Waals surface area (Å²) >= 11 is 0. The number of hydrogen-bond acceptors (Lipinski definition) is 26. The molecule has 20 rings (SSSR count). The lowest BCUT2D eigenvalue weighted by Crippen LogP contribution is -2.31. The van der Waals surface area contributed by atoms with Gasteiger partial charge in [-0.3, -0.25) is 47.0 Å². The number of aryl methyl sites for hydroxylation is 5. The fraction of sp³-hybridized carbons (Fsp3) is 0.167. The van der Waals surface area contributed by atoms with Crippen molar-refractivity contribution >= 4 is 80.1 Å². The predicted octanol–water partition coefficient (Wildman–Crippen LogP) is 23.8. The van der Waals surface area contributed by atoms with Gasteiger partial charge < -0.3 is 50.6 Å². The van der Waals surface area contributed by atoms with Crippen LogP contribution in [0.5, 0.6) is 28.7 Å². The third-order valence-electron chi connectivity index (χ3n) is 22.4. The highest BCUT2D eigenvalue weighted by molar-refractivity contribution is 5.73. The molecular formula is C102H83F15N26O5. The maximum absolute atomic E-state index is 12.8. The van der Waals surface area contributed by atoms with E-state index in [4.69, 9.17) is 19.2 Å². The number of nitriles is 1. The van der Waals surface area contributed by atoms with Gasteiger partial charge in [-0.1, -0.05) is 6.08 Å². The summed E-state index contributed by atoms with van der Waals surface area (Å²) < 4.78 is 219. The zero-order valence-corrected chi connectivity index (χ0v) is 79.0. The van der Waals surface area contributed by atoms with Gasteiger partial charge in [-0.25, -0.2) is 49.8 Å². The van der Waals surface area contributed by atoms with Gasteiger partial charge in [-0.05, 0) is 217 Å². The van der Waals surface area contributed by atoms with Crippen LogP contribution < -0.4 is 45.5 Å². The van der Waals surface area contributed by atoms with Gasteiger partial charge in [0.1, 0.15) is 97.5 Å². The van der Waals surface area contributed by atoms with Crippen molar-refractivity contribution in [3.63, 3.8) is 0 Å². The molecule has 15 heterocycles. The first-order valence-electron chi connectivity index (χ1n) is 44.4. The molecule has 0 atom stereocenters. The van der Waals surface area contributed by atoms with E-state index in [9.17, 15) is 76.2 Å². The lowest BCUT2D eigenvalue weighted by Gasteiger charge is -2.25. The lowest BCUT2D eigenvalue weighted by atomic mass is 10.1. The number of pyridine rings is 5. The number of aromatic hydroxyl groups is 1. The Morgan fingerprint density at radius 2 is 0.703 bits per heavy atom. The molecule has 5 aromatic carbocycles. The Morgan fingerprint density at radius 3 is 1.05 bits per heavy atom. The van der Waals surface area contributed by atoms with Crippen molar-refractivity contribution in [3.8, 4) is 86.2 Å². The quantitative estimate of drug-likeness (QED) is 0.0287. The highest BCUT2D eigenvalue weighted by Gasteiger charge is 2.35. The van der Waals surface area contributed by atoms with E-state index in [0.717, 1.165) is 126 Å². The third-order valence-corrected chi connectivity index (χ3v) is 22.4. The van der Waals surface area contributed by atoms with Gasteiger partial charge in [0.2, 0.25) is 0 Å². The smallest absolute Gasteiger partial charge is 0.506 e. The average Bonchev–Trinajstić information content (AvgIpc) is 1.64. The summed E-state index contributed by atoms with van der Waals surface area (Å²) in [5.74, 6) is 5.15. The molecule has 0 saturated heterocycles. The van der Waals surface area contributed by atoms with E-state index < -0.39 is 53.3 Å². The summed E-state index contributed by atoms with van der Waals surface area (Å²) in [6.07, 6.45) is -0.177. The van der Waals surface area contributed by atoms with Crippen LogP contribution in [0, 0.1) is 45.9 Å². The second-order valence-electron chi connectivity index (χ2n) is 32.7. The molecule has 46 heteroatoms. The second kappa shape index (κ2) is 43.1. The van der Waals surface area contributed by atoms with Gasteiger partial charge >= 0.3 is 31.1 Å². The van der Waals surface area contributed by atoms with Crippen molar-refractivity contribution in [2.24, 2.45) is 0 Å². The van der Waals surface area contributed by atoms with Crippen molar-refractivity contribution in [2.45, 2.75) is 78.7 Å². The second-order valence-corrected chi connectivity index (χ2v) is 32.7. The molecule has 19 aromatic rings. The Hall–Kier alpha value is -18.3. The molecule has 756 valence electrons. The average molecular weight is 2040 g/mol. The summed E-state index contributed by atoms with van der Waals surface area (Å²) in [4.78, 5) is 64.6. The van der Waals surface area contributed by atoms with Crippen LogP contribution in [0.2, 0.25) is 0 Å². The minimum atomic E-state index is -4.73. The van der Waals surface area contributed by atoms with Crippen molar-refractivity contribution in [1.82, 2.24) is 96.8 Å². The Labute approximate surface area is 830 Å². The number of nitrogens with one attached hydrogen (secondary N) is 5. The van der Waals surface area contributed by atoms with Crippen LogP contribution in [0.4, 0.5) is 123 Å². The minimum Gasteiger partial charge on any atom is -0.506 e. The predicted molar refractivity (Wildman–Crippen MR) is 520 cm³/mol. The molecular weight excluding hydrogens is 1950 g/mol. The summed E-state index contributed by atoms with van der Waals surface area (Å²) in [5.41, 5.74) is 12.7. The maximum atomic E-state index is 12.8. The fourth-order valence-electron chi connectivity index (χ4n) is 15.8. The lowest BCUT2D eigenvalue weighted by molar-refractivity contribution is -0.274. The molecule has 0 spiro atoms. The molecule has 1 aliphatic rings. The monoisotopic (exact) mass is 2040 g/mol. The van der Waals surface area contributed by atoms with Gasteiger partial charge in [-0.2, -0.15) is 57.9 Å². The molecule has 0 aliphatic carbocycles. The first-order chi connectivity index (χ1) is 70.6. The highest BCUT2D eigenvalue weighted by atomic mass is 19.4. The molecule has 0 amide bonds. The van der Waals surface area contributed by atoms with Gasteiger partial charge in [0.25, 0.3) is 0 Å². The van der Waals surface area contributed by atoms with E-state index in [1.807, 2.05) is 101 Å². The van der Waals surface area contributed by atoms with Crippen molar-refractivity contribution in [1.29, 1.82) is 5.26 Å².